The molecule has 0 saturated heterocycles. The van der Waals surface area contributed by atoms with Gasteiger partial charge in [0.2, 0.25) is 0 Å². The van der Waals surface area contributed by atoms with Crippen molar-refractivity contribution >= 4 is 5.97 Å². The van der Waals surface area contributed by atoms with E-state index >= 15 is 0 Å². The van der Waals surface area contributed by atoms with Crippen molar-refractivity contribution in [2.24, 2.45) is 5.92 Å². The molecular formula is C14H16N2O2. The average molecular weight is 244 g/mol. The zero-order valence-electron chi connectivity index (χ0n) is 10.3. The van der Waals surface area contributed by atoms with Gasteiger partial charge >= 0.3 is 5.97 Å². The average Bonchev–Trinajstić information content (AvgIpc) is 3.15. The van der Waals surface area contributed by atoms with E-state index < -0.39 is 12.0 Å². The summed E-state index contributed by atoms with van der Waals surface area (Å²) in [7, 11) is 0. The van der Waals surface area contributed by atoms with Gasteiger partial charge in [-0.25, -0.2) is 0 Å². The van der Waals surface area contributed by atoms with Gasteiger partial charge in [0.1, 0.15) is 6.04 Å². The monoisotopic (exact) mass is 244 g/mol. The molecule has 0 aromatic heterocycles. The number of nitrogens with one attached hydrogen (secondary N) is 1. The maximum absolute atomic E-state index is 11.1. The third-order valence-electron chi connectivity index (χ3n) is 3.34. The van der Waals surface area contributed by atoms with Gasteiger partial charge in [-0.2, -0.15) is 5.26 Å². The fraction of sp³-hybridized carbons (Fsp3) is 0.429. The van der Waals surface area contributed by atoms with E-state index in [0.717, 1.165) is 24.0 Å². The first kappa shape index (κ1) is 12.6. The van der Waals surface area contributed by atoms with E-state index in [2.05, 4.69) is 11.4 Å². The van der Waals surface area contributed by atoms with Crippen LogP contribution in [0.2, 0.25) is 0 Å². The lowest BCUT2D eigenvalue weighted by molar-refractivity contribution is -0.140. The smallest absolute Gasteiger partial charge is 0.320 e. The van der Waals surface area contributed by atoms with Gasteiger partial charge in [-0.3, -0.25) is 4.79 Å². The van der Waals surface area contributed by atoms with Gasteiger partial charge in [0.25, 0.3) is 0 Å². The summed E-state index contributed by atoms with van der Waals surface area (Å²) in [5.74, 6) is -0.495. The number of carboxylic acids is 1. The molecule has 0 heterocycles. The second kappa shape index (κ2) is 5.19. The lowest BCUT2D eigenvalue weighted by atomic mass is 10.0. The SMILES string of the molecule is Cc1cc(C#N)ccc1CNC(C(=O)O)C1CC1. The van der Waals surface area contributed by atoms with E-state index in [9.17, 15) is 4.79 Å². The Kier molecular flexibility index (Phi) is 3.63. The second-order valence-corrected chi connectivity index (χ2v) is 4.79. The number of hydrogen-bond donors (Lipinski definition) is 2. The molecule has 0 amide bonds. The number of hydrogen-bond acceptors (Lipinski definition) is 3. The third kappa shape index (κ3) is 2.88. The van der Waals surface area contributed by atoms with Crippen molar-refractivity contribution in [1.29, 1.82) is 5.26 Å². The quantitative estimate of drug-likeness (QED) is 0.828. The number of rotatable bonds is 5. The molecule has 2 N–H and O–H groups in total. The summed E-state index contributed by atoms with van der Waals surface area (Å²) in [6.45, 7) is 2.47. The van der Waals surface area contributed by atoms with Gasteiger partial charge in [-0.05, 0) is 48.9 Å². The van der Waals surface area contributed by atoms with Crippen LogP contribution in [-0.4, -0.2) is 17.1 Å². The van der Waals surface area contributed by atoms with Crippen LogP contribution in [0.1, 0.15) is 29.5 Å². The highest BCUT2D eigenvalue weighted by Crippen LogP contribution is 2.32. The fourth-order valence-electron chi connectivity index (χ4n) is 2.07. The predicted octanol–water partition coefficient (Wildman–Crippen LogP) is 1.82. The van der Waals surface area contributed by atoms with Gasteiger partial charge < -0.3 is 10.4 Å². The molecule has 1 aliphatic carbocycles. The van der Waals surface area contributed by atoms with Crippen molar-refractivity contribution in [2.75, 3.05) is 0 Å². The number of aryl methyl sites for hydroxylation is 1. The van der Waals surface area contributed by atoms with Crippen molar-refractivity contribution in [3.8, 4) is 6.07 Å². The van der Waals surface area contributed by atoms with Crippen LogP contribution in [0.5, 0.6) is 0 Å². The number of benzene rings is 1. The van der Waals surface area contributed by atoms with Crippen LogP contribution in [0.4, 0.5) is 0 Å². The Labute approximate surface area is 106 Å². The first-order valence-corrected chi connectivity index (χ1v) is 6.07. The van der Waals surface area contributed by atoms with Crippen molar-refractivity contribution in [1.82, 2.24) is 5.32 Å². The molecule has 1 unspecified atom stereocenters. The molecule has 1 fully saturated rings. The van der Waals surface area contributed by atoms with Crippen LogP contribution >= 0.6 is 0 Å². The number of carboxylic acid groups (broad SMARTS) is 1. The Bertz CT molecular complexity index is 501. The molecule has 0 aliphatic heterocycles. The molecule has 94 valence electrons. The fourth-order valence-corrected chi connectivity index (χ4v) is 2.07. The van der Waals surface area contributed by atoms with Crippen molar-refractivity contribution in [2.45, 2.75) is 32.4 Å². The molecule has 1 aliphatic rings. The van der Waals surface area contributed by atoms with Gasteiger partial charge in [-0.15, -0.1) is 0 Å². The largest absolute Gasteiger partial charge is 0.480 e. The standard InChI is InChI=1S/C14H16N2O2/c1-9-6-10(7-15)2-3-12(9)8-16-13(14(17)18)11-4-5-11/h2-3,6,11,13,16H,4-5,8H2,1H3,(H,17,18). The molecule has 1 saturated carbocycles. The Morgan fingerprint density at radius 1 is 1.61 bits per heavy atom. The van der Waals surface area contributed by atoms with Crippen LogP contribution in [0.3, 0.4) is 0 Å². The first-order chi connectivity index (χ1) is 8.61. The summed E-state index contributed by atoms with van der Waals surface area (Å²) in [5, 5.41) is 21.0. The lowest BCUT2D eigenvalue weighted by Crippen LogP contribution is -2.38. The number of aliphatic carboxylic acids is 1. The highest BCUT2D eigenvalue weighted by Gasteiger charge is 2.35. The van der Waals surface area contributed by atoms with Gasteiger partial charge in [0.05, 0.1) is 11.6 Å². The lowest BCUT2D eigenvalue weighted by Gasteiger charge is -2.14. The maximum atomic E-state index is 11.1. The van der Waals surface area contributed by atoms with E-state index in [-0.39, 0.29) is 5.92 Å². The highest BCUT2D eigenvalue weighted by molar-refractivity contribution is 5.74. The molecule has 0 bridgehead atoms. The normalized spacial score (nSPS) is 16.0. The zero-order valence-corrected chi connectivity index (χ0v) is 10.3. The topological polar surface area (TPSA) is 73.1 Å². The molecule has 18 heavy (non-hydrogen) atoms. The van der Waals surface area contributed by atoms with Crippen LogP contribution in [0.25, 0.3) is 0 Å². The summed E-state index contributed by atoms with van der Waals surface area (Å²) in [6, 6.07) is 7.11. The van der Waals surface area contributed by atoms with Crippen LogP contribution in [0.15, 0.2) is 18.2 Å². The minimum Gasteiger partial charge on any atom is -0.480 e. The summed E-state index contributed by atoms with van der Waals surface area (Å²) in [4.78, 5) is 11.1. The van der Waals surface area contributed by atoms with Gasteiger partial charge in [0.15, 0.2) is 0 Å². The zero-order chi connectivity index (χ0) is 13.1. The molecule has 0 spiro atoms. The Morgan fingerprint density at radius 2 is 2.33 bits per heavy atom. The molecule has 0 radical (unpaired) electrons. The molecule has 4 heteroatoms. The van der Waals surface area contributed by atoms with Crippen molar-refractivity contribution in [3.63, 3.8) is 0 Å². The second-order valence-electron chi connectivity index (χ2n) is 4.79. The molecule has 2 rings (SSSR count). The van der Waals surface area contributed by atoms with E-state index in [1.54, 1.807) is 6.07 Å². The molecule has 1 atom stereocenters. The number of nitrogens with zero attached hydrogens (tertiary/aromatic N) is 1. The molecule has 1 aromatic rings. The summed E-state index contributed by atoms with van der Waals surface area (Å²) in [5.41, 5.74) is 2.69. The van der Waals surface area contributed by atoms with Gasteiger partial charge in [-0.1, -0.05) is 6.07 Å². The Morgan fingerprint density at radius 3 is 2.83 bits per heavy atom. The number of nitriles is 1. The van der Waals surface area contributed by atoms with Crippen molar-refractivity contribution in [3.05, 3.63) is 34.9 Å². The molecule has 4 nitrogen and oxygen atoms in total. The molecule has 1 aromatic carbocycles. The Hall–Kier alpha value is -1.86. The third-order valence-corrected chi connectivity index (χ3v) is 3.34. The number of carbonyl (C=O) groups is 1. The summed E-state index contributed by atoms with van der Waals surface area (Å²) >= 11 is 0. The van der Waals surface area contributed by atoms with Crippen LogP contribution in [-0.2, 0) is 11.3 Å². The van der Waals surface area contributed by atoms with Crippen LogP contribution in [0, 0.1) is 24.2 Å². The minimum atomic E-state index is -0.774. The minimum absolute atomic E-state index is 0.279. The van der Waals surface area contributed by atoms with E-state index in [1.807, 2.05) is 19.1 Å². The first-order valence-electron chi connectivity index (χ1n) is 6.07. The predicted molar refractivity (Wildman–Crippen MR) is 66.9 cm³/mol. The van der Waals surface area contributed by atoms with Gasteiger partial charge in [0, 0.05) is 6.54 Å². The van der Waals surface area contributed by atoms with E-state index in [1.165, 1.54) is 0 Å². The maximum Gasteiger partial charge on any atom is 0.320 e. The Balaban J connectivity index is 2.01. The summed E-state index contributed by atoms with van der Waals surface area (Å²) < 4.78 is 0. The van der Waals surface area contributed by atoms with Crippen LogP contribution < -0.4 is 5.32 Å². The highest BCUT2D eigenvalue weighted by atomic mass is 16.4. The summed E-state index contributed by atoms with van der Waals surface area (Å²) in [6.07, 6.45) is 1.99. The van der Waals surface area contributed by atoms with E-state index in [4.69, 9.17) is 10.4 Å². The van der Waals surface area contributed by atoms with E-state index in [0.29, 0.717) is 12.1 Å². The molecular weight excluding hydrogens is 228 g/mol. The van der Waals surface area contributed by atoms with Crippen molar-refractivity contribution < 1.29 is 9.90 Å².